The van der Waals surface area contributed by atoms with Crippen molar-refractivity contribution in [2.75, 3.05) is 0 Å². The Bertz CT molecular complexity index is 610. The predicted molar refractivity (Wildman–Crippen MR) is 64.1 cm³/mol. The molecule has 1 aromatic carbocycles. The van der Waals surface area contributed by atoms with Crippen molar-refractivity contribution in [1.82, 2.24) is 9.97 Å². The van der Waals surface area contributed by atoms with Gasteiger partial charge in [0.25, 0.3) is 5.88 Å². The van der Waals surface area contributed by atoms with Crippen LogP contribution in [0.2, 0.25) is 10.2 Å². The molecule has 0 aliphatic rings. The molecule has 1 heterocycles. The van der Waals surface area contributed by atoms with E-state index in [1.165, 1.54) is 12.1 Å². The van der Waals surface area contributed by atoms with Crippen molar-refractivity contribution in [3.8, 4) is 17.1 Å². The summed E-state index contributed by atoms with van der Waals surface area (Å²) in [6, 6.07) is 3.65. The van der Waals surface area contributed by atoms with Gasteiger partial charge in [-0.3, -0.25) is 0 Å². The summed E-state index contributed by atoms with van der Waals surface area (Å²) in [5.74, 6) is -0.996. The molecule has 0 fully saturated rings. The van der Waals surface area contributed by atoms with Gasteiger partial charge in [0.15, 0.2) is 5.15 Å². The van der Waals surface area contributed by atoms with E-state index in [0.717, 1.165) is 12.3 Å². The molecule has 0 N–H and O–H groups in total. The number of nitrogens with zero attached hydrogens (tertiary/aromatic N) is 2. The summed E-state index contributed by atoms with van der Waals surface area (Å²) in [6.45, 7) is -3.05. The summed E-state index contributed by atoms with van der Waals surface area (Å²) in [6.07, 6.45) is 1.16. The van der Waals surface area contributed by atoms with E-state index in [0.29, 0.717) is 5.56 Å². The lowest BCUT2D eigenvalue weighted by molar-refractivity contribution is -0.0530. The van der Waals surface area contributed by atoms with Crippen molar-refractivity contribution < 1.29 is 17.9 Å². The second-order valence-electron chi connectivity index (χ2n) is 3.35. The molecule has 0 amide bonds. The minimum atomic E-state index is -3.05. The highest BCUT2D eigenvalue weighted by atomic mass is 35.5. The van der Waals surface area contributed by atoms with Crippen LogP contribution in [0.1, 0.15) is 0 Å². The molecule has 100 valence electrons. The summed E-state index contributed by atoms with van der Waals surface area (Å²) >= 11 is 11.5. The molecule has 0 spiro atoms. The predicted octanol–water partition coefficient (Wildman–Crippen LogP) is 4.19. The third kappa shape index (κ3) is 3.27. The van der Waals surface area contributed by atoms with E-state index >= 15 is 0 Å². The van der Waals surface area contributed by atoms with Crippen LogP contribution in [-0.4, -0.2) is 16.6 Å². The van der Waals surface area contributed by atoms with Crippen LogP contribution < -0.4 is 4.74 Å². The number of hydrogen-bond acceptors (Lipinski definition) is 3. The Kier molecular flexibility index (Phi) is 4.11. The van der Waals surface area contributed by atoms with E-state index in [4.69, 9.17) is 23.2 Å². The van der Waals surface area contributed by atoms with Crippen molar-refractivity contribution in [2.24, 2.45) is 0 Å². The quantitative estimate of drug-likeness (QED) is 0.852. The lowest BCUT2D eigenvalue weighted by atomic mass is 10.1. The zero-order chi connectivity index (χ0) is 14.0. The minimum absolute atomic E-state index is 0.105. The van der Waals surface area contributed by atoms with E-state index in [-0.39, 0.29) is 15.9 Å². The second kappa shape index (κ2) is 5.63. The third-order valence-corrected chi connectivity index (χ3v) is 2.67. The normalized spacial score (nSPS) is 10.8. The maximum Gasteiger partial charge on any atom is 0.388 e. The molecule has 0 saturated carbocycles. The number of rotatable bonds is 3. The molecular weight excluding hydrogens is 304 g/mol. The average Bonchev–Trinajstić information content (AvgIpc) is 2.31. The Hall–Kier alpha value is -1.53. The fraction of sp³-hybridized carbons (Fsp3) is 0.0909. The zero-order valence-corrected chi connectivity index (χ0v) is 10.6. The van der Waals surface area contributed by atoms with Crippen LogP contribution in [0.3, 0.4) is 0 Å². The van der Waals surface area contributed by atoms with Crippen LogP contribution >= 0.6 is 23.2 Å². The lowest BCUT2D eigenvalue weighted by Crippen LogP contribution is -2.05. The first kappa shape index (κ1) is 13.9. The van der Waals surface area contributed by atoms with Gasteiger partial charge in [-0.05, 0) is 18.2 Å². The first-order chi connectivity index (χ1) is 8.97. The molecule has 8 heteroatoms. The number of hydrogen-bond donors (Lipinski definition) is 0. The standard InChI is InChI=1S/C11H5Cl2F3N2O/c12-7-3-5(14)1-2-6(7)8-4-17-10(9(13)18-8)19-11(15)16/h1-4,11H. The van der Waals surface area contributed by atoms with Crippen molar-refractivity contribution in [1.29, 1.82) is 0 Å². The third-order valence-electron chi connectivity index (χ3n) is 2.11. The lowest BCUT2D eigenvalue weighted by Gasteiger charge is -2.07. The largest absolute Gasteiger partial charge is 0.414 e. The Labute approximate surface area is 116 Å². The Morgan fingerprint density at radius 3 is 2.53 bits per heavy atom. The number of aromatic nitrogens is 2. The fourth-order valence-electron chi connectivity index (χ4n) is 1.35. The molecule has 0 radical (unpaired) electrons. The van der Waals surface area contributed by atoms with Crippen molar-refractivity contribution in [2.45, 2.75) is 6.61 Å². The number of alkyl halides is 2. The summed E-state index contributed by atoms with van der Waals surface area (Å²) in [5.41, 5.74) is 0.595. The van der Waals surface area contributed by atoms with E-state index in [9.17, 15) is 13.2 Å². The molecule has 19 heavy (non-hydrogen) atoms. The van der Waals surface area contributed by atoms with Gasteiger partial charge in [0.05, 0.1) is 16.9 Å². The first-order valence-corrected chi connectivity index (χ1v) is 5.65. The molecule has 0 saturated heterocycles. The van der Waals surface area contributed by atoms with Crippen molar-refractivity contribution >= 4 is 23.2 Å². The first-order valence-electron chi connectivity index (χ1n) is 4.90. The molecule has 1 aromatic heterocycles. The van der Waals surface area contributed by atoms with Gasteiger partial charge in [0, 0.05) is 5.56 Å². The van der Waals surface area contributed by atoms with Gasteiger partial charge in [-0.1, -0.05) is 23.2 Å². The zero-order valence-electron chi connectivity index (χ0n) is 9.08. The van der Waals surface area contributed by atoms with Gasteiger partial charge in [0.1, 0.15) is 5.82 Å². The van der Waals surface area contributed by atoms with Crippen LogP contribution in [0.5, 0.6) is 5.88 Å². The van der Waals surface area contributed by atoms with E-state index in [2.05, 4.69) is 14.7 Å². The van der Waals surface area contributed by atoms with Crippen LogP contribution in [-0.2, 0) is 0 Å². The van der Waals surface area contributed by atoms with E-state index < -0.39 is 18.3 Å². The minimum Gasteiger partial charge on any atom is -0.414 e. The molecule has 2 aromatic rings. The molecule has 0 unspecified atom stereocenters. The van der Waals surface area contributed by atoms with Crippen LogP contribution in [0.25, 0.3) is 11.3 Å². The number of halogens is 5. The summed E-state index contributed by atoms with van der Waals surface area (Å²) in [4.78, 5) is 7.43. The van der Waals surface area contributed by atoms with E-state index in [1.54, 1.807) is 0 Å². The highest BCUT2D eigenvalue weighted by Crippen LogP contribution is 2.30. The van der Waals surface area contributed by atoms with Crippen LogP contribution in [0, 0.1) is 5.82 Å². The highest BCUT2D eigenvalue weighted by Gasteiger charge is 2.14. The average molecular weight is 309 g/mol. The molecule has 0 aliphatic carbocycles. The summed E-state index contributed by atoms with van der Waals surface area (Å²) in [7, 11) is 0. The molecule has 0 aliphatic heterocycles. The summed E-state index contributed by atoms with van der Waals surface area (Å²) < 4.78 is 41.0. The molecule has 0 bridgehead atoms. The second-order valence-corrected chi connectivity index (χ2v) is 4.12. The topological polar surface area (TPSA) is 35.0 Å². The Morgan fingerprint density at radius 2 is 1.95 bits per heavy atom. The monoisotopic (exact) mass is 308 g/mol. The molecular formula is C11H5Cl2F3N2O. The number of benzene rings is 1. The Balaban J connectivity index is 2.39. The van der Waals surface area contributed by atoms with Gasteiger partial charge in [0.2, 0.25) is 0 Å². The van der Waals surface area contributed by atoms with Crippen LogP contribution in [0.15, 0.2) is 24.4 Å². The maximum atomic E-state index is 12.9. The molecule has 0 atom stereocenters. The van der Waals surface area contributed by atoms with Gasteiger partial charge in [-0.25, -0.2) is 14.4 Å². The van der Waals surface area contributed by atoms with Gasteiger partial charge >= 0.3 is 6.61 Å². The van der Waals surface area contributed by atoms with Gasteiger partial charge in [-0.2, -0.15) is 8.78 Å². The molecule has 3 nitrogen and oxygen atoms in total. The van der Waals surface area contributed by atoms with Crippen molar-refractivity contribution in [3.63, 3.8) is 0 Å². The highest BCUT2D eigenvalue weighted by molar-refractivity contribution is 6.33. The Morgan fingerprint density at radius 1 is 1.21 bits per heavy atom. The number of ether oxygens (including phenoxy) is 1. The fourth-order valence-corrected chi connectivity index (χ4v) is 1.79. The summed E-state index contributed by atoms with van der Waals surface area (Å²) in [5, 5.41) is -0.230. The van der Waals surface area contributed by atoms with Crippen molar-refractivity contribution in [3.05, 3.63) is 40.4 Å². The maximum absolute atomic E-state index is 12.9. The van der Waals surface area contributed by atoms with Gasteiger partial charge in [-0.15, -0.1) is 0 Å². The molecule has 2 rings (SSSR count). The smallest absolute Gasteiger partial charge is 0.388 e. The van der Waals surface area contributed by atoms with Crippen LogP contribution in [0.4, 0.5) is 13.2 Å². The van der Waals surface area contributed by atoms with Gasteiger partial charge < -0.3 is 4.74 Å². The van der Waals surface area contributed by atoms with E-state index in [1.807, 2.05) is 0 Å². The SMILES string of the molecule is Fc1ccc(-c2cnc(OC(F)F)c(Cl)n2)c(Cl)c1.